The summed E-state index contributed by atoms with van der Waals surface area (Å²) in [4.78, 5) is 11.2. The summed E-state index contributed by atoms with van der Waals surface area (Å²) in [5.74, 6) is -3.73. The van der Waals surface area contributed by atoms with E-state index < -0.39 is 29.1 Å². The van der Waals surface area contributed by atoms with Crippen molar-refractivity contribution < 1.29 is 23.8 Å². The smallest absolute Gasteiger partial charge is 0.309 e. The van der Waals surface area contributed by atoms with Crippen molar-refractivity contribution in [3.63, 3.8) is 0 Å². The van der Waals surface area contributed by atoms with Crippen LogP contribution in [0.1, 0.15) is 30.9 Å². The summed E-state index contributed by atoms with van der Waals surface area (Å²) in [6.45, 7) is 1.63. The lowest BCUT2D eigenvalue weighted by atomic mass is 9.81. The van der Waals surface area contributed by atoms with E-state index in [4.69, 9.17) is 5.11 Å². The summed E-state index contributed by atoms with van der Waals surface area (Å²) in [6.07, 6.45) is 0.526. The third-order valence-corrected chi connectivity index (χ3v) is 3.67. The Balaban J connectivity index is 2.56. The summed E-state index contributed by atoms with van der Waals surface area (Å²) in [6, 6.07) is 1.79. The van der Waals surface area contributed by atoms with Gasteiger partial charge in [0.05, 0.1) is 5.92 Å². The monoisotopic (exact) mass is 256 g/mol. The standard InChI is InChI=1S/C13H14F2O3/c1-2-9(12(16)17)13(18)4-3-8-10(13)5-7(14)6-11(8)15/h5-6,9,18H,2-4H2,1H3,(H,16,17). The summed E-state index contributed by atoms with van der Waals surface area (Å²) in [7, 11) is 0. The Kier molecular flexibility index (Phi) is 3.11. The molecule has 1 aromatic rings. The van der Waals surface area contributed by atoms with Gasteiger partial charge in [0.25, 0.3) is 0 Å². The molecule has 2 unspecified atom stereocenters. The van der Waals surface area contributed by atoms with Crippen molar-refractivity contribution in [2.75, 3.05) is 0 Å². The van der Waals surface area contributed by atoms with Gasteiger partial charge >= 0.3 is 5.97 Å². The fourth-order valence-electron chi connectivity index (χ4n) is 2.77. The Morgan fingerprint density at radius 2 is 2.17 bits per heavy atom. The topological polar surface area (TPSA) is 57.5 Å². The first-order chi connectivity index (χ1) is 8.40. The zero-order valence-corrected chi connectivity index (χ0v) is 9.91. The van der Waals surface area contributed by atoms with E-state index in [9.17, 15) is 18.7 Å². The first-order valence-corrected chi connectivity index (χ1v) is 5.83. The molecule has 2 atom stereocenters. The van der Waals surface area contributed by atoms with Crippen molar-refractivity contribution in [1.29, 1.82) is 0 Å². The minimum Gasteiger partial charge on any atom is -0.481 e. The van der Waals surface area contributed by atoms with E-state index in [-0.39, 0.29) is 30.4 Å². The molecule has 0 heterocycles. The quantitative estimate of drug-likeness (QED) is 0.871. The maximum atomic E-state index is 13.6. The van der Waals surface area contributed by atoms with E-state index in [1.54, 1.807) is 6.92 Å². The van der Waals surface area contributed by atoms with Gasteiger partial charge in [-0.3, -0.25) is 4.79 Å². The van der Waals surface area contributed by atoms with Crippen LogP contribution in [0.15, 0.2) is 12.1 Å². The second-order valence-electron chi connectivity index (χ2n) is 4.64. The minimum absolute atomic E-state index is 0.0780. The van der Waals surface area contributed by atoms with E-state index in [1.807, 2.05) is 0 Å². The molecule has 2 rings (SSSR count). The van der Waals surface area contributed by atoms with Gasteiger partial charge in [0.15, 0.2) is 0 Å². The van der Waals surface area contributed by atoms with Gasteiger partial charge in [-0.15, -0.1) is 0 Å². The third-order valence-electron chi connectivity index (χ3n) is 3.67. The molecule has 0 spiro atoms. The summed E-state index contributed by atoms with van der Waals surface area (Å²) >= 11 is 0. The summed E-state index contributed by atoms with van der Waals surface area (Å²) in [5, 5.41) is 19.6. The first kappa shape index (κ1) is 13.0. The predicted octanol–water partition coefficient (Wildman–Crippen LogP) is 2.21. The number of carboxylic acid groups (broad SMARTS) is 1. The summed E-state index contributed by atoms with van der Waals surface area (Å²) < 4.78 is 26.8. The molecule has 0 radical (unpaired) electrons. The van der Waals surface area contributed by atoms with Gasteiger partial charge in [-0.2, -0.15) is 0 Å². The van der Waals surface area contributed by atoms with E-state index in [2.05, 4.69) is 0 Å². The predicted molar refractivity (Wildman–Crippen MR) is 60.0 cm³/mol. The highest BCUT2D eigenvalue weighted by Gasteiger charge is 2.47. The maximum absolute atomic E-state index is 13.6. The van der Waals surface area contributed by atoms with Crippen LogP contribution in [0.3, 0.4) is 0 Å². The lowest BCUT2D eigenvalue weighted by molar-refractivity contribution is -0.153. The second kappa shape index (κ2) is 4.31. The molecule has 0 bridgehead atoms. The number of hydrogen-bond donors (Lipinski definition) is 2. The number of rotatable bonds is 3. The Morgan fingerprint density at radius 1 is 1.50 bits per heavy atom. The SMILES string of the molecule is CCC(C(=O)O)C1(O)CCc2c(F)cc(F)cc21. The lowest BCUT2D eigenvalue weighted by Gasteiger charge is -2.30. The molecule has 3 nitrogen and oxygen atoms in total. The molecule has 2 N–H and O–H groups in total. The van der Waals surface area contributed by atoms with Crippen molar-refractivity contribution in [1.82, 2.24) is 0 Å². The van der Waals surface area contributed by atoms with Gasteiger partial charge in [-0.05, 0) is 36.5 Å². The first-order valence-electron chi connectivity index (χ1n) is 5.83. The molecule has 1 aromatic carbocycles. The molecule has 1 aliphatic rings. The zero-order chi connectivity index (χ0) is 13.5. The highest BCUT2D eigenvalue weighted by molar-refractivity contribution is 5.72. The van der Waals surface area contributed by atoms with Crippen LogP contribution in [0, 0.1) is 17.6 Å². The minimum atomic E-state index is -1.68. The van der Waals surface area contributed by atoms with Crippen LogP contribution in [-0.2, 0) is 16.8 Å². The highest BCUT2D eigenvalue weighted by Crippen LogP contribution is 2.44. The normalized spacial score (nSPS) is 23.8. The zero-order valence-electron chi connectivity index (χ0n) is 9.91. The van der Waals surface area contributed by atoms with Gasteiger partial charge in [-0.25, -0.2) is 8.78 Å². The maximum Gasteiger partial charge on any atom is 0.309 e. The van der Waals surface area contributed by atoms with E-state index in [1.165, 1.54) is 0 Å². The average molecular weight is 256 g/mol. The van der Waals surface area contributed by atoms with Crippen molar-refractivity contribution >= 4 is 5.97 Å². The Hall–Kier alpha value is -1.49. The molecule has 98 valence electrons. The van der Waals surface area contributed by atoms with E-state index in [0.717, 1.165) is 12.1 Å². The Labute approximate surface area is 103 Å². The molecule has 18 heavy (non-hydrogen) atoms. The van der Waals surface area contributed by atoms with Crippen LogP contribution in [0.4, 0.5) is 8.78 Å². The number of hydrogen-bond acceptors (Lipinski definition) is 2. The molecule has 5 heteroatoms. The van der Waals surface area contributed by atoms with Crippen molar-refractivity contribution in [3.05, 3.63) is 34.9 Å². The molecule has 0 fully saturated rings. The number of benzene rings is 1. The third kappa shape index (κ3) is 1.79. The number of aliphatic carboxylic acids is 1. The van der Waals surface area contributed by atoms with E-state index in [0.29, 0.717) is 0 Å². The number of aliphatic hydroxyl groups is 1. The Morgan fingerprint density at radius 3 is 2.72 bits per heavy atom. The largest absolute Gasteiger partial charge is 0.481 e. The second-order valence-corrected chi connectivity index (χ2v) is 4.64. The van der Waals surface area contributed by atoms with E-state index >= 15 is 0 Å². The molecule has 0 saturated carbocycles. The van der Waals surface area contributed by atoms with Crippen LogP contribution >= 0.6 is 0 Å². The summed E-state index contributed by atoms with van der Waals surface area (Å²) in [5.41, 5.74) is -1.38. The number of halogens is 2. The van der Waals surface area contributed by atoms with Gasteiger partial charge < -0.3 is 10.2 Å². The fraction of sp³-hybridized carbons (Fsp3) is 0.462. The van der Waals surface area contributed by atoms with Crippen LogP contribution in [0.2, 0.25) is 0 Å². The molecule has 0 amide bonds. The van der Waals surface area contributed by atoms with Crippen LogP contribution in [0.5, 0.6) is 0 Å². The number of carbonyl (C=O) groups is 1. The molecule has 0 saturated heterocycles. The molecule has 1 aliphatic carbocycles. The van der Waals surface area contributed by atoms with Crippen molar-refractivity contribution in [2.24, 2.45) is 5.92 Å². The van der Waals surface area contributed by atoms with Crippen molar-refractivity contribution in [2.45, 2.75) is 31.8 Å². The van der Waals surface area contributed by atoms with Crippen LogP contribution in [0.25, 0.3) is 0 Å². The molecule has 0 aliphatic heterocycles. The number of fused-ring (bicyclic) bond motifs is 1. The fourth-order valence-corrected chi connectivity index (χ4v) is 2.77. The average Bonchev–Trinajstić information content (AvgIpc) is 2.58. The molecular weight excluding hydrogens is 242 g/mol. The van der Waals surface area contributed by atoms with Gasteiger partial charge in [-0.1, -0.05) is 6.92 Å². The molecular formula is C13H14F2O3. The lowest BCUT2D eigenvalue weighted by Crippen LogP contribution is -2.37. The van der Waals surface area contributed by atoms with Gasteiger partial charge in [0.1, 0.15) is 17.2 Å². The van der Waals surface area contributed by atoms with Crippen LogP contribution < -0.4 is 0 Å². The van der Waals surface area contributed by atoms with Gasteiger partial charge in [0.2, 0.25) is 0 Å². The van der Waals surface area contributed by atoms with Gasteiger partial charge in [0, 0.05) is 6.07 Å². The van der Waals surface area contributed by atoms with Crippen LogP contribution in [-0.4, -0.2) is 16.2 Å². The molecule has 0 aromatic heterocycles. The Bertz CT molecular complexity index is 501. The van der Waals surface area contributed by atoms with Crippen molar-refractivity contribution in [3.8, 4) is 0 Å². The highest BCUT2D eigenvalue weighted by atomic mass is 19.1. The number of carboxylic acids is 1.